The van der Waals surface area contributed by atoms with Crippen LogP contribution < -0.4 is 20.3 Å². The number of ether oxygens (including phenoxy) is 2. The molecule has 4 aromatic rings. The van der Waals surface area contributed by atoms with E-state index in [4.69, 9.17) is 9.47 Å². The minimum absolute atomic E-state index is 0.145. The maximum Gasteiger partial charge on any atom is 0.263 e. The monoisotopic (exact) mass is 449 g/mol. The van der Waals surface area contributed by atoms with Crippen molar-refractivity contribution in [1.82, 2.24) is 24.5 Å². The molecule has 0 aliphatic carbocycles. The SMILES string of the molecule is C=CCn1c(=O)c2ccccc2n2c(SCC(=O)NCc3ccc4c(c3)OCO4)nnc12. The van der Waals surface area contributed by atoms with Crippen LogP contribution in [0, 0.1) is 0 Å². The number of rotatable bonds is 7. The number of hydrogen-bond acceptors (Lipinski definition) is 7. The molecule has 0 atom stereocenters. The molecule has 162 valence electrons. The van der Waals surface area contributed by atoms with Crippen LogP contribution in [0.5, 0.6) is 11.5 Å². The van der Waals surface area contributed by atoms with E-state index >= 15 is 0 Å². The lowest BCUT2D eigenvalue weighted by Gasteiger charge is -2.09. The highest BCUT2D eigenvalue weighted by molar-refractivity contribution is 7.99. The Morgan fingerprint density at radius 3 is 2.91 bits per heavy atom. The van der Waals surface area contributed by atoms with E-state index in [1.807, 2.05) is 36.4 Å². The molecule has 0 saturated heterocycles. The van der Waals surface area contributed by atoms with Crippen LogP contribution in [-0.4, -0.2) is 37.6 Å². The zero-order valence-electron chi connectivity index (χ0n) is 17.0. The predicted octanol–water partition coefficient (Wildman–Crippen LogP) is 2.37. The molecule has 1 N–H and O–H groups in total. The maximum atomic E-state index is 12.8. The molecule has 1 aliphatic heterocycles. The van der Waals surface area contributed by atoms with Gasteiger partial charge >= 0.3 is 0 Å². The first-order valence-corrected chi connectivity index (χ1v) is 10.9. The Kier molecular flexibility index (Phi) is 5.28. The highest BCUT2D eigenvalue weighted by atomic mass is 32.2. The van der Waals surface area contributed by atoms with Gasteiger partial charge in [-0.3, -0.25) is 18.6 Å². The van der Waals surface area contributed by atoms with Gasteiger partial charge in [0.25, 0.3) is 5.56 Å². The van der Waals surface area contributed by atoms with Crippen molar-refractivity contribution in [3.05, 3.63) is 71.0 Å². The molecule has 2 aromatic heterocycles. The fourth-order valence-corrected chi connectivity index (χ4v) is 4.32. The molecule has 1 amide bonds. The minimum atomic E-state index is -0.154. The van der Waals surface area contributed by atoms with Crippen LogP contribution in [0.2, 0.25) is 0 Å². The van der Waals surface area contributed by atoms with E-state index in [2.05, 4.69) is 22.1 Å². The summed E-state index contributed by atoms with van der Waals surface area (Å²) in [5, 5.41) is 12.4. The molecule has 0 fully saturated rings. The Labute approximate surface area is 186 Å². The number of allylic oxidation sites excluding steroid dienone is 1. The molecule has 5 rings (SSSR count). The van der Waals surface area contributed by atoms with Crippen LogP contribution in [-0.2, 0) is 17.9 Å². The van der Waals surface area contributed by atoms with Gasteiger partial charge in [0, 0.05) is 13.1 Å². The molecule has 2 aromatic carbocycles. The van der Waals surface area contributed by atoms with E-state index in [1.54, 1.807) is 16.5 Å². The zero-order chi connectivity index (χ0) is 22.1. The van der Waals surface area contributed by atoms with Crippen molar-refractivity contribution in [2.75, 3.05) is 12.5 Å². The fourth-order valence-electron chi connectivity index (χ4n) is 3.55. The minimum Gasteiger partial charge on any atom is -0.454 e. The van der Waals surface area contributed by atoms with Crippen molar-refractivity contribution in [2.45, 2.75) is 18.2 Å². The summed E-state index contributed by atoms with van der Waals surface area (Å²) in [6.45, 7) is 4.62. The molecule has 1 aliphatic rings. The number of aromatic nitrogens is 4. The summed E-state index contributed by atoms with van der Waals surface area (Å²) in [6.07, 6.45) is 1.64. The summed E-state index contributed by atoms with van der Waals surface area (Å²) in [7, 11) is 0. The third-order valence-electron chi connectivity index (χ3n) is 5.05. The van der Waals surface area contributed by atoms with Crippen LogP contribution in [0.1, 0.15) is 5.56 Å². The second kappa shape index (κ2) is 8.39. The van der Waals surface area contributed by atoms with E-state index in [0.29, 0.717) is 46.4 Å². The summed E-state index contributed by atoms with van der Waals surface area (Å²) < 4.78 is 14.0. The highest BCUT2D eigenvalue weighted by Crippen LogP contribution is 2.32. The Hall–Kier alpha value is -3.79. The van der Waals surface area contributed by atoms with E-state index in [9.17, 15) is 9.59 Å². The normalized spacial score (nSPS) is 12.4. The van der Waals surface area contributed by atoms with Crippen LogP contribution >= 0.6 is 11.8 Å². The first-order valence-electron chi connectivity index (χ1n) is 9.91. The molecule has 0 saturated carbocycles. The van der Waals surface area contributed by atoms with Crippen molar-refractivity contribution in [2.24, 2.45) is 0 Å². The number of carbonyl (C=O) groups is 1. The van der Waals surface area contributed by atoms with E-state index < -0.39 is 0 Å². The molecule has 10 heteroatoms. The number of nitrogens with one attached hydrogen (secondary N) is 1. The molecular formula is C22H19N5O4S. The Morgan fingerprint density at radius 1 is 1.19 bits per heavy atom. The van der Waals surface area contributed by atoms with Gasteiger partial charge in [-0.2, -0.15) is 0 Å². The number of fused-ring (bicyclic) bond motifs is 4. The number of thioether (sulfide) groups is 1. The van der Waals surface area contributed by atoms with Gasteiger partial charge in [-0.1, -0.05) is 36.0 Å². The number of carbonyl (C=O) groups excluding carboxylic acids is 1. The van der Waals surface area contributed by atoms with E-state index in [1.165, 1.54) is 16.3 Å². The van der Waals surface area contributed by atoms with Gasteiger partial charge in [0.15, 0.2) is 16.7 Å². The van der Waals surface area contributed by atoms with Gasteiger partial charge in [-0.05, 0) is 29.8 Å². The summed E-state index contributed by atoms with van der Waals surface area (Å²) in [5.74, 6) is 1.81. The average molecular weight is 449 g/mol. The van der Waals surface area contributed by atoms with Crippen LogP contribution in [0.15, 0.2) is 65.1 Å². The quantitative estimate of drug-likeness (QED) is 0.342. The predicted molar refractivity (Wildman–Crippen MR) is 120 cm³/mol. The Morgan fingerprint density at radius 2 is 2.03 bits per heavy atom. The lowest BCUT2D eigenvalue weighted by Crippen LogP contribution is -2.25. The second-order valence-corrected chi connectivity index (χ2v) is 8.04. The molecular weight excluding hydrogens is 430 g/mol. The largest absolute Gasteiger partial charge is 0.454 e. The maximum absolute atomic E-state index is 12.8. The van der Waals surface area contributed by atoms with Crippen molar-refractivity contribution >= 4 is 34.3 Å². The Bertz CT molecular complexity index is 1410. The summed E-state index contributed by atoms with van der Waals surface area (Å²) in [4.78, 5) is 25.3. The number of nitrogens with zero attached hydrogens (tertiary/aromatic N) is 4. The van der Waals surface area contributed by atoms with Crippen molar-refractivity contribution in [3.63, 3.8) is 0 Å². The van der Waals surface area contributed by atoms with Crippen molar-refractivity contribution < 1.29 is 14.3 Å². The number of benzene rings is 2. The van der Waals surface area contributed by atoms with Crippen molar-refractivity contribution in [3.8, 4) is 11.5 Å². The van der Waals surface area contributed by atoms with E-state index in [0.717, 1.165) is 5.56 Å². The molecule has 32 heavy (non-hydrogen) atoms. The Balaban J connectivity index is 1.35. The lowest BCUT2D eigenvalue weighted by atomic mass is 10.2. The van der Waals surface area contributed by atoms with Gasteiger partial charge in [-0.15, -0.1) is 16.8 Å². The third-order valence-corrected chi connectivity index (χ3v) is 5.98. The molecule has 0 bridgehead atoms. The fraction of sp³-hybridized carbons (Fsp3) is 0.182. The van der Waals surface area contributed by atoms with Gasteiger partial charge in [0.05, 0.1) is 16.7 Å². The van der Waals surface area contributed by atoms with Crippen LogP contribution in [0.3, 0.4) is 0 Å². The van der Waals surface area contributed by atoms with E-state index in [-0.39, 0.29) is 24.0 Å². The molecule has 0 spiro atoms. The topological polar surface area (TPSA) is 99.8 Å². The van der Waals surface area contributed by atoms with Gasteiger partial charge in [-0.25, -0.2) is 0 Å². The van der Waals surface area contributed by atoms with Crippen molar-refractivity contribution in [1.29, 1.82) is 0 Å². The summed E-state index contributed by atoms with van der Waals surface area (Å²) in [5.41, 5.74) is 1.46. The van der Waals surface area contributed by atoms with Gasteiger partial charge < -0.3 is 14.8 Å². The molecule has 0 radical (unpaired) electrons. The number of para-hydroxylation sites is 1. The first-order chi connectivity index (χ1) is 15.7. The second-order valence-electron chi connectivity index (χ2n) is 7.09. The highest BCUT2D eigenvalue weighted by Gasteiger charge is 2.17. The molecule has 0 unspecified atom stereocenters. The zero-order valence-corrected chi connectivity index (χ0v) is 17.8. The molecule has 3 heterocycles. The third kappa shape index (κ3) is 3.58. The standard InChI is InChI=1S/C22H19N5O4S/c1-2-9-26-20(29)15-5-3-4-6-16(15)27-21(26)24-25-22(27)32-12-19(28)23-11-14-7-8-17-18(10-14)31-13-30-17/h2-8,10H,1,9,11-13H2,(H,23,28). The first kappa shape index (κ1) is 20.1. The van der Waals surface area contributed by atoms with Crippen LogP contribution in [0.4, 0.5) is 0 Å². The van der Waals surface area contributed by atoms with Gasteiger partial charge in [0.2, 0.25) is 18.5 Å². The lowest BCUT2D eigenvalue weighted by molar-refractivity contribution is -0.118. The average Bonchev–Trinajstić information content (AvgIpc) is 3.45. The number of amides is 1. The van der Waals surface area contributed by atoms with Crippen LogP contribution in [0.25, 0.3) is 16.7 Å². The number of hydrogen-bond donors (Lipinski definition) is 1. The van der Waals surface area contributed by atoms with Gasteiger partial charge in [0.1, 0.15) is 0 Å². The smallest absolute Gasteiger partial charge is 0.263 e. The molecule has 9 nitrogen and oxygen atoms in total. The summed E-state index contributed by atoms with van der Waals surface area (Å²) in [6, 6.07) is 12.8. The summed E-state index contributed by atoms with van der Waals surface area (Å²) >= 11 is 1.26.